The van der Waals surface area contributed by atoms with Crippen molar-refractivity contribution in [2.24, 2.45) is 7.05 Å². The number of esters is 1. The molecule has 0 aliphatic heterocycles. The number of aromatic nitrogens is 1. The summed E-state index contributed by atoms with van der Waals surface area (Å²) in [7, 11) is 3.45. The molecule has 0 radical (unpaired) electrons. The number of hydrogen-bond donors (Lipinski definition) is 0. The Labute approximate surface area is 171 Å². The fourth-order valence-corrected chi connectivity index (χ4v) is 3.69. The van der Waals surface area contributed by atoms with Gasteiger partial charge in [-0.2, -0.15) is 5.26 Å². The Morgan fingerprint density at radius 3 is 2.31 bits per heavy atom. The maximum absolute atomic E-state index is 12.7. The fraction of sp³-hybridized carbons (Fsp3) is 0.250. The van der Waals surface area contributed by atoms with Crippen molar-refractivity contribution in [2.45, 2.75) is 20.3 Å². The molecule has 2 aromatic carbocycles. The van der Waals surface area contributed by atoms with Gasteiger partial charge in [0.2, 0.25) is 0 Å². The van der Waals surface area contributed by atoms with Gasteiger partial charge in [0.05, 0.1) is 19.3 Å². The number of nitrogens with zero attached hydrogens (tertiary/aromatic N) is 2. The highest BCUT2D eigenvalue weighted by molar-refractivity contribution is 5.98. The molecule has 0 atom stereocenters. The molecule has 0 aliphatic carbocycles. The number of benzene rings is 2. The van der Waals surface area contributed by atoms with Crippen molar-refractivity contribution in [3.63, 3.8) is 0 Å². The minimum Gasteiger partial charge on any atom is -0.496 e. The normalized spacial score (nSPS) is 10.4. The van der Waals surface area contributed by atoms with Crippen molar-refractivity contribution < 1.29 is 14.3 Å². The Kier molecular flexibility index (Phi) is 6.04. The zero-order valence-corrected chi connectivity index (χ0v) is 17.2. The molecule has 0 spiro atoms. The smallest absolute Gasteiger partial charge is 0.355 e. The van der Waals surface area contributed by atoms with Gasteiger partial charge in [-0.1, -0.05) is 49.4 Å². The first-order valence-electron chi connectivity index (χ1n) is 9.59. The average Bonchev–Trinajstić information content (AvgIpc) is 3.05. The van der Waals surface area contributed by atoms with Gasteiger partial charge < -0.3 is 14.0 Å². The Balaban J connectivity index is 2.16. The number of methoxy groups -OCH3 is 1. The Morgan fingerprint density at radius 1 is 1.07 bits per heavy atom. The van der Waals surface area contributed by atoms with Gasteiger partial charge in [0.15, 0.2) is 0 Å². The third kappa shape index (κ3) is 3.62. The minimum atomic E-state index is -0.421. The minimum absolute atomic E-state index is 0.277. The van der Waals surface area contributed by atoms with Crippen LogP contribution in [0.15, 0.2) is 48.5 Å². The molecule has 29 heavy (non-hydrogen) atoms. The molecule has 5 nitrogen and oxygen atoms in total. The summed E-state index contributed by atoms with van der Waals surface area (Å²) in [6.07, 6.45) is 0.644. The number of ether oxygens (including phenoxy) is 2. The molecule has 0 aliphatic rings. The van der Waals surface area contributed by atoms with Crippen LogP contribution in [0.5, 0.6) is 5.75 Å². The van der Waals surface area contributed by atoms with Crippen molar-refractivity contribution in [1.29, 1.82) is 5.26 Å². The Bertz CT molecular complexity index is 1070. The van der Waals surface area contributed by atoms with Crippen LogP contribution in [-0.2, 0) is 18.2 Å². The van der Waals surface area contributed by atoms with Gasteiger partial charge in [-0.3, -0.25) is 0 Å². The van der Waals surface area contributed by atoms with Crippen molar-refractivity contribution in [3.8, 4) is 34.1 Å². The lowest BCUT2D eigenvalue weighted by Gasteiger charge is -2.10. The van der Waals surface area contributed by atoms with E-state index in [1.54, 1.807) is 25.6 Å². The van der Waals surface area contributed by atoms with Crippen molar-refractivity contribution in [2.75, 3.05) is 13.7 Å². The predicted octanol–water partition coefficient (Wildman–Crippen LogP) is 4.98. The van der Waals surface area contributed by atoms with Gasteiger partial charge in [-0.25, -0.2) is 4.79 Å². The lowest BCUT2D eigenvalue weighted by molar-refractivity contribution is 0.0516. The van der Waals surface area contributed by atoms with E-state index in [1.165, 1.54) is 0 Å². The first kappa shape index (κ1) is 20.2. The molecule has 3 aromatic rings. The highest BCUT2D eigenvalue weighted by atomic mass is 16.5. The van der Waals surface area contributed by atoms with Crippen LogP contribution in [0, 0.1) is 11.3 Å². The largest absolute Gasteiger partial charge is 0.496 e. The second kappa shape index (κ2) is 8.66. The van der Waals surface area contributed by atoms with E-state index in [9.17, 15) is 10.1 Å². The van der Waals surface area contributed by atoms with E-state index in [4.69, 9.17) is 9.47 Å². The maximum Gasteiger partial charge on any atom is 0.355 e. The molecular formula is C24H24N2O3. The fourth-order valence-electron chi connectivity index (χ4n) is 3.69. The summed E-state index contributed by atoms with van der Waals surface area (Å²) in [5.41, 5.74) is 5.15. The summed E-state index contributed by atoms with van der Waals surface area (Å²) >= 11 is 0. The van der Waals surface area contributed by atoms with Crippen LogP contribution in [0.3, 0.4) is 0 Å². The van der Waals surface area contributed by atoms with E-state index in [2.05, 4.69) is 6.07 Å². The summed E-state index contributed by atoms with van der Waals surface area (Å²) < 4.78 is 12.5. The van der Waals surface area contributed by atoms with Crippen LogP contribution < -0.4 is 4.74 Å². The molecule has 1 aromatic heterocycles. The molecule has 0 saturated heterocycles. The molecule has 0 bridgehead atoms. The average molecular weight is 388 g/mol. The number of rotatable bonds is 6. The second-order valence-corrected chi connectivity index (χ2v) is 6.57. The van der Waals surface area contributed by atoms with Crippen molar-refractivity contribution in [1.82, 2.24) is 4.57 Å². The molecule has 1 heterocycles. The van der Waals surface area contributed by atoms with Gasteiger partial charge in [0.1, 0.15) is 17.5 Å². The molecule has 0 saturated carbocycles. The first-order valence-corrected chi connectivity index (χ1v) is 9.59. The third-order valence-electron chi connectivity index (χ3n) is 5.02. The van der Waals surface area contributed by atoms with E-state index in [-0.39, 0.29) is 6.61 Å². The third-order valence-corrected chi connectivity index (χ3v) is 5.02. The molecular weight excluding hydrogens is 364 g/mol. The second-order valence-electron chi connectivity index (χ2n) is 6.57. The number of nitriles is 1. The lowest BCUT2D eigenvalue weighted by atomic mass is 9.97. The summed E-state index contributed by atoms with van der Waals surface area (Å²) in [5, 5.41) is 9.81. The van der Waals surface area contributed by atoms with Gasteiger partial charge in [-0.15, -0.1) is 0 Å². The van der Waals surface area contributed by atoms with Crippen LogP contribution in [0.4, 0.5) is 0 Å². The topological polar surface area (TPSA) is 64.2 Å². The van der Waals surface area contributed by atoms with E-state index in [1.807, 2.05) is 55.5 Å². The highest BCUT2D eigenvalue weighted by Crippen LogP contribution is 2.36. The highest BCUT2D eigenvalue weighted by Gasteiger charge is 2.26. The number of carbonyl (C=O) groups is 1. The SMILES string of the molecule is CCOC(=O)c1c(-c2ccc(-c3ccccc3OC)cc2)c(C#N)c(CC)n1C. The Morgan fingerprint density at radius 2 is 1.72 bits per heavy atom. The first-order chi connectivity index (χ1) is 14.1. The van der Waals surface area contributed by atoms with Crippen molar-refractivity contribution in [3.05, 3.63) is 65.5 Å². The summed E-state index contributed by atoms with van der Waals surface area (Å²) in [4.78, 5) is 12.7. The van der Waals surface area contributed by atoms with Crippen LogP contribution in [0.1, 0.15) is 35.6 Å². The van der Waals surface area contributed by atoms with Crippen molar-refractivity contribution >= 4 is 5.97 Å². The van der Waals surface area contributed by atoms with Gasteiger partial charge in [0, 0.05) is 23.9 Å². The molecule has 5 heteroatoms. The molecule has 3 rings (SSSR count). The zero-order valence-electron chi connectivity index (χ0n) is 17.2. The maximum atomic E-state index is 12.7. The summed E-state index contributed by atoms with van der Waals surface area (Å²) in [5.74, 6) is 0.369. The number of carbonyl (C=O) groups excluding carboxylic acids is 1. The molecule has 0 N–H and O–H groups in total. The van der Waals surface area contributed by atoms with E-state index >= 15 is 0 Å². The monoisotopic (exact) mass is 388 g/mol. The molecule has 0 fully saturated rings. The predicted molar refractivity (Wildman–Crippen MR) is 113 cm³/mol. The quantitative estimate of drug-likeness (QED) is 0.559. The lowest BCUT2D eigenvalue weighted by Crippen LogP contribution is -2.12. The van der Waals surface area contributed by atoms with Gasteiger partial charge >= 0.3 is 5.97 Å². The van der Waals surface area contributed by atoms with Crippen LogP contribution >= 0.6 is 0 Å². The van der Waals surface area contributed by atoms with Crippen LogP contribution in [0.25, 0.3) is 22.3 Å². The summed E-state index contributed by atoms with van der Waals surface area (Å²) in [6.45, 7) is 4.02. The standard InChI is InChI=1S/C24H24N2O3/c1-5-20-19(15-25)22(23(26(20)3)24(27)29-6-2)17-13-11-16(12-14-17)18-9-7-8-10-21(18)28-4/h7-14H,5-6H2,1-4H3. The zero-order chi connectivity index (χ0) is 21.0. The van der Waals surface area contributed by atoms with Gasteiger partial charge in [0.25, 0.3) is 0 Å². The van der Waals surface area contributed by atoms with E-state index in [0.717, 1.165) is 28.1 Å². The van der Waals surface area contributed by atoms with E-state index < -0.39 is 5.97 Å². The molecule has 0 unspecified atom stereocenters. The molecule has 0 amide bonds. The van der Waals surface area contributed by atoms with E-state index in [0.29, 0.717) is 23.2 Å². The Hall–Kier alpha value is -3.52. The molecule has 148 valence electrons. The summed E-state index contributed by atoms with van der Waals surface area (Å²) in [6, 6.07) is 17.9. The van der Waals surface area contributed by atoms with Crippen LogP contribution in [0.2, 0.25) is 0 Å². The number of hydrogen-bond acceptors (Lipinski definition) is 4. The van der Waals surface area contributed by atoms with Crippen LogP contribution in [-0.4, -0.2) is 24.3 Å². The number of para-hydroxylation sites is 1. The van der Waals surface area contributed by atoms with Gasteiger partial charge in [-0.05, 0) is 30.5 Å².